The third-order valence-electron chi connectivity index (χ3n) is 5.10. The summed E-state index contributed by atoms with van der Waals surface area (Å²) in [6.07, 6.45) is 1.68. The molecule has 0 aliphatic carbocycles. The van der Waals surface area contributed by atoms with Gasteiger partial charge in [0, 0.05) is 56.6 Å². The average Bonchev–Trinajstić information content (AvgIpc) is 3.15. The highest BCUT2D eigenvalue weighted by Gasteiger charge is 2.29. The number of carbonyl (C=O) groups is 2. The van der Waals surface area contributed by atoms with E-state index in [0.29, 0.717) is 30.1 Å². The largest absolute Gasteiger partial charge is 0.348 e. The van der Waals surface area contributed by atoms with Crippen LogP contribution >= 0.6 is 0 Å². The third kappa shape index (κ3) is 4.13. The van der Waals surface area contributed by atoms with Gasteiger partial charge in [-0.1, -0.05) is 11.3 Å². The number of hydrogen-bond acceptors (Lipinski definition) is 4. The summed E-state index contributed by atoms with van der Waals surface area (Å²) in [7, 11) is 3.38. The van der Waals surface area contributed by atoms with Crippen molar-refractivity contribution in [1.82, 2.24) is 25.2 Å². The van der Waals surface area contributed by atoms with Crippen molar-refractivity contribution in [2.75, 3.05) is 11.9 Å². The molecule has 8 nitrogen and oxygen atoms in total. The normalized spacial score (nSPS) is 13.3. The SMILES string of the molecule is CN1Cc2ccc(C(=O)NCc3c(F)cc(F)cc3F)cc2N(Cc2cn(C)nn2)C1=O. The Bertz CT molecular complexity index is 1190. The van der Waals surface area contributed by atoms with E-state index in [9.17, 15) is 22.8 Å². The average molecular weight is 444 g/mol. The quantitative estimate of drug-likeness (QED) is 0.656. The molecular weight excluding hydrogens is 425 g/mol. The molecule has 0 fully saturated rings. The van der Waals surface area contributed by atoms with Crippen LogP contribution in [-0.2, 0) is 26.7 Å². The molecule has 1 N–H and O–H groups in total. The van der Waals surface area contributed by atoms with E-state index in [0.717, 1.165) is 5.56 Å². The molecule has 0 radical (unpaired) electrons. The summed E-state index contributed by atoms with van der Waals surface area (Å²) in [4.78, 5) is 28.4. The van der Waals surface area contributed by atoms with Gasteiger partial charge in [0.25, 0.3) is 5.91 Å². The Labute approximate surface area is 181 Å². The van der Waals surface area contributed by atoms with Crippen molar-refractivity contribution in [3.63, 3.8) is 0 Å². The number of nitrogens with one attached hydrogen (secondary N) is 1. The Kier molecular flexibility index (Phi) is 5.56. The smallest absolute Gasteiger partial charge is 0.324 e. The lowest BCUT2D eigenvalue weighted by Gasteiger charge is -2.35. The molecule has 32 heavy (non-hydrogen) atoms. The van der Waals surface area contributed by atoms with Crippen LogP contribution in [0.1, 0.15) is 27.2 Å². The van der Waals surface area contributed by atoms with Gasteiger partial charge in [0.2, 0.25) is 0 Å². The van der Waals surface area contributed by atoms with Crippen molar-refractivity contribution >= 4 is 17.6 Å². The highest BCUT2D eigenvalue weighted by Crippen LogP contribution is 2.30. The molecule has 3 amide bonds. The molecule has 2 aromatic carbocycles. The molecule has 0 spiro atoms. The van der Waals surface area contributed by atoms with Crippen molar-refractivity contribution in [3.8, 4) is 0 Å². The summed E-state index contributed by atoms with van der Waals surface area (Å²) >= 11 is 0. The number of amides is 3. The minimum atomic E-state index is -1.09. The van der Waals surface area contributed by atoms with Crippen molar-refractivity contribution in [1.29, 1.82) is 0 Å². The molecule has 0 bridgehead atoms. The fraction of sp³-hybridized carbons (Fsp3) is 0.238. The zero-order chi connectivity index (χ0) is 23.0. The van der Waals surface area contributed by atoms with E-state index in [1.54, 1.807) is 43.4 Å². The molecule has 1 aromatic heterocycles. The Hall–Kier alpha value is -3.89. The molecule has 0 saturated carbocycles. The van der Waals surface area contributed by atoms with Crippen molar-refractivity contribution in [2.45, 2.75) is 19.6 Å². The Morgan fingerprint density at radius 3 is 2.50 bits per heavy atom. The standard InChI is InChI=1S/C21H19F3N6O2/c1-28-9-13-4-3-12(20(31)25-8-16-17(23)6-14(22)7-18(16)24)5-19(13)30(21(28)32)11-15-10-29(2)27-26-15/h3-7,10H,8-9,11H2,1-2H3,(H,25,31). The number of aromatic nitrogens is 3. The fourth-order valence-corrected chi connectivity index (χ4v) is 3.52. The van der Waals surface area contributed by atoms with Gasteiger partial charge in [-0.25, -0.2) is 18.0 Å². The van der Waals surface area contributed by atoms with E-state index in [2.05, 4.69) is 15.6 Å². The second-order valence-electron chi connectivity index (χ2n) is 7.48. The zero-order valence-electron chi connectivity index (χ0n) is 17.3. The van der Waals surface area contributed by atoms with Crippen LogP contribution in [0.4, 0.5) is 23.7 Å². The fourth-order valence-electron chi connectivity index (χ4n) is 3.52. The molecule has 3 aromatic rings. The maximum Gasteiger partial charge on any atom is 0.324 e. The molecule has 0 atom stereocenters. The number of carbonyl (C=O) groups excluding carboxylic acids is 2. The van der Waals surface area contributed by atoms with E-state index < -0.39 is 35.5 Å². The Morgan fingerprint density at radius 1 is 1.12 bits per heavy atom. The van der Waals surface area contributed by atoms with E-state index in [1.807, 2.05) is 0 Å². The number of rotatable bonds is 5. The van der Waals surface area contributed by atoms with Crippen molar-refractivity contribution in [2.24, 2.45) is 7.05 Å². The van der Waals surface area contributed by atoms with Gasteiger partial charge in [-0.2, -0.15) is 0 Å². The molecule has 0 saturated heterocycles. The monoisotopic (exact) mass is 444 g/mol. The van der Waals surface area contributed by atoms with Crippen LogP contribution < -0.4 is 10.2 Å². The number of urea groups is 1. The number of anilines is 1. The minimum absolute atomic E-state index is 0.154. The molecule has 0 unspecified atom stereocenters. The lowest BCUT2D eigenvalue weighted by molar-refractivity contribution is 0.0950. The summed E-state index contributed by atoms with van der Waals surface area (Å²) in [6, 6.07) is 5.66. The van der Waals surface area contributed by atoms with Gasteiger partial charge in [-0.3, -0.25) is 14.4 Å². The van der Waals surface area contributed by atoms with Gasteiger partial charge >= 0.3 is 6.03 Å². The first-order valence-corrected chi connectivity index (χ1v) is 9.65. The van der Waals surface area contributed by atoms with Crippen LogP contribution in [0.2, 0.25) is 0 Å². The van der Waals surface area contributed by atoms with E-state index in [4.69, 9.17) is 0 Å². The molecule has 1 aliphatic heterocycles. The van der Waals surface area contributed by atoms with Crippen molar-refractivity contribution < 1.29 is 22.8 Å². The maximum atomic E-state index is 13.8. The van der Waals surface area contributed by atoms with Gasteiger partial charge < -0.3 is 10.2 Å². The molecule has 2 heterocycles. The topological polar surface area (TPSA) is 83.4 Å². The third-order valence-corrected chi connectivity index (χ3v) is 5.10. The summed E-state index contributed by atoms with van der Waals surface area (Å²) in [5.41, 5.74) is 1.68. The summed E-state index contributed by atoms with van der Waals surface area (Å²) in [5, 5.41) is 10.3. The number of aryl methyl sites for hydroxylation is 1. The molecule has 1 aliphatic rings. The van der Waals surface area contributed by atoms with Crippen LogP contribution in [0.5, 0.6) is 0 Å². The highest BCUT2D eigenvalue weighted by atomic mass is 19.1. The molecule has 4 rings (SSSR count). The van der Waals surface area contributed by atoms with Gasteiger partial charge in [-0.15, -0.1) is 5.10 Å². The first-order valence-electron chi connectivity index (χ1n) is 9.65. The maximum absolute atomic E-state index is 13.8. The highest BCUT2D eigenvalue weighted by molar-refractivity contribution is 5.99. The predicted molar refractivity (Wildman–Crippen MR) is 108 cm³/mol. The molecule has 11 heteroatoms. The summed E-state index contributed by atoms with van der Waals surface area (Å²) in [5.74, 6) is -3.81. The first kappa shape index (κ1) is 21.3. The molecule has 166 valence electrons. The van der Waals surface area contributed by atoms with Gasteiger partial charge in [-0.05, 0) is 17.7 Å². The Balaban J connectivity index is 1.58. The first-order chi connectivity index (χ1) is 15.2. The Morgan fingerprint density at radius 2 is 1.84 bits per heavy atom. The zero-order valence-corrected chi connectivity index (χ0v) is 17.3. The van der Waals surface area contributed by atoms with Gasteiger partial charge in [0.05, 0.1) is 12.2 Å². The van der Waals surface area contributed by atoms with Crippen molar-refractivity contribution in [3.05, 3.63) is 76.4 Å². The van der Waals surface area contributed by atoms with Gasteiger partial charge in [0.15, 0.2) is 0 Å². The van der Waals surface area contributed by atoms with E-state index >= 15 is 0 Å². The summed E-state index contributed by atoms with van der Waals surface area (Å²) in [6.45, 7) is 0.0545. The summed E-state index contributed by atoms with van der Waals surface area (Å²) < 4.78 is 42.3. The van der Waals surface area contributed by atoms with E-state index in [-0.39, 0.29) is 18.1 Å². The van der Waals surface area contributed by atoms with Crippen LogP contribution in [0, 0.1) is 17.5 Å². The van der Waals surface area contributed by atoms with Crippen LogP contribution in [0.3, 0.4) is 0 Å². The van der Waals surface area contributed by atoms with E-state index in [1.165, 1.54) is 9.58 Å². The van der Waals surface area contributed by atoms with Crippen LogP contribution in [0.25, 0.3) is 0 Å². The number of fused-ring (bicyclic) bond motifs is 1. The van der Waals surface area contributed by atoms with Crippen LogP contribution in [-0.4, -0.2) is 38.9 Å². The minimum Gasteiger partial charge on any atom is -0.348 e. The second-order valence-corrected chi connectivity index (χ2v) is 7.48. The van der Waals surface area contributed by atoms with Gasteiger partial charge in [0.1, 0.15) is 23.1 Å². The lowest BCUT2D eigenvalue weighted by Crippen LogP contribution is -2.45. The number of hydrogen-bond donors (Lipinski definition) is 1. The second kappa shape index (κ2) is 8.33. The van der Waals surface area contributed by atoms with Crippen LogP contribution in [0.15, 0.2) is 36.5 Å². The number of benzene rings is 2. The predicted octanol–water partition coefficient (Wildman–Crippen LogP) is 2.73. The number of halogens is 3. The molecular formula is C21H19F3N6O2. The lowest BCUT2D eigenvalue weighted by atomic mass is 10.0. The number of nitrogens with zero attached hydrogens (tertiary/aromatic N) is 5.